The van der Waals surface area contributed by atoms with Gasteiger partial charge in [0, 0.05) is 17.0 Å². The highest BCUT2D eigenvalue weighted by atomic mass is 16.3. The van der Waals surface area contributed by atoms with Crippen LogP contribution >= 0.6 is 0 Å². The second kappa shape index (κ2) is 5.81. The number of aromatic nitrogens is 2. The summed E-state index contributed by atoms with van der Waals surface area (Å²) in [6, 6.07) is 17.5. The molecule has 4 nitrogen and oxygen atoms in total. The van der Waals surface area contributed by atoms with Gasteiger partial charge in [0.2, 0.25) is 0 Å². The fraction of sp³-hybridized carbons (Fsp3) is 0.100. The van der Waals surface area contributed by atoms with E-state index in [2.05, 4.69) is 22.1 Å². The smallest absolute Gasteiger partial charge is 0.150 e. The van der Waals surface area contributed by atoms with E-state index in [1.807, 2.05) is 36.5 Å². The maximum absolute atomic E-state index is 9.36. The summed E-state index contributed by atoms with van der Waals surface area (Å²) in [5.74, 6) is 0.759. The molecular formula is C20H17N3O. The molecule has 0 fully saturated rings. The van der Waals surface area contributed by atoms with Crippen molar-refractivity contribution in [3.8, 4) is 5.75 Å². The number of aromatic hydroxyl groups is 1. The molecule has 0 saturated heterocycles. The summed E-state index contributed by atoms with van der Waals surface area (Å²) in [6.07, 6.45) is 3.64. The third-order valence-corrected chi connectivity index (χ3v) is 4.26. The van der Waals surface area contributed by atoms with E-state index in [9.17, 15) is 5.11 Å². The molecule has 2 aromatic heterocycles. The molecular weight excluding hydrogens is 298 g/mol. The van der Waals surface area contributed by atoms with Crippen LogP contribution in [0, 0.1) is 0 Å². The van der Waals surface area contributed by atoms with Crippen molar-refractivity contribution in [2.45, 2.75) is 12.8 Å². The lowest BCUT2D eigenvalue weighted by Crippen LogP contribution is -1.98. The Morgan fingerprint density at radius 1 is 0.875 bits per heavy atom. The number of fused-ring (bicyclic) bond motifs is 3. The second-order valence-electron chi connectivity index (χ2n) is 5.92. The maximum atomic E-state index is 9.36. The predicted octanol–water partition coefficient (Wildman–Crippen LogP) is 3.86. The number of benzene rings is 2. The van der Waals surface area contributed by atoms with Crippen LogP contribution in [0.3, 0.4) is 0 Å². The summed E-state index contributed by atoms with van der Waals surface area (Å²) in [5.41, 5.74) is 10.0. The molecule has 0 spiro atoms. The Kier molecular flexibility index (Phi) is 3.50. The molecule has 0 aliphatic rings. The van der Waals surface area contributed by atoms with Gasteiger partial charge in [-0.2, -0.15) is 0 Å². The minimum absolute atomic E-state index is 0.292. The van der Waals surface area contributed by atoms with Crippen molar-refractivity contribution >= 4 is 27.6 Å². The van der Waals surface area contributed by atoms with Crippen molar-refractivity contribution in [3.05, 3.63) is 71.9 Å². The normalized spacial score (nSPS) is 11.2. The molecule has 0 atom stereocenters. The quantitative estimate of drug-likeness (QED) is 0.563. The van der Waals surface area contributed by atoms with Crippen LogP contribution in [0.2, 0.25) is 0 Å². The van der Waals surface area contributed by atoms with Crippen LogP contribution in [0.5, 0.6) is 5.75 Å². The van der Waals surface area contributed by atoms with E-state index in [-0.39, 0.29) is 0 Å². The van der Waals surface area contributed by atoms with Gasteiger partial charge in [-0.25, -0.2) is 4.98 Å². The molecule has 4 aromatic rings. The monoisotopic (exact) mass is 315 g/mol. The summed E-state index contributed by atoms with van der Waals surface area (Å²) in [7, 11) is 0. The first-order chi connectivity index (χ1) is 11.7. The zero-order valence-corrected chi connectivity index (χ0v) is 13.1. The first-order valence-corrected chi connectivity index (χ1v) is 7.91. The second-order valence-corrected chi connectivity index (χ2v) is 5.92. The molecule has 2 aromatic carbocycles. The number of phenols is 1. The van der Waals surface area contributed by atoms with Crippen LogP contribution in [-0.2, 0) is 12.8 Å². The van der Waals surface area contributed by atoms with Crippen molar-refractivity contribution in [1.82, 2.24) is 9.97 Å². The fourth-order valence-corrected chi connectivity index (χ4v) is 2.99. The van der Waals surface area contributed by atoms with Gasteiger partial charge in [-0.1, -0.05) is 30.3 Å². The van der Waals surface area contributed by atoms with Crippen molar-refractivity contribution in [3.63, 3.8) is 0 Å². The zero-order valence-electron chi connectivity index (χ0n) is 13.1. The SMILES string of the molecule is Nc1nc2ccccc2c2cc(CCc3ccc(O)cc3)cnc12. The van der Waals surface area contributed by atoms with Crippen molar-refractivity contribution < 1.29 is 5.11 Å². The van der Waals surface area contributed by atoms with E-state index in [0.717, 1.165) is 40.2 Å². The number of nitrogen functional groups attached to an aromatic ring is 1. The van der Waals surface area contributed by atoms with Crippen LogP contribution in [0.1, 0.15) is 11.1 Å². The van der Waals surface area contributed by atoms with E-state index in [1.165, 1.54) is 5.56 Å². The average Bonchev–Trinajstić information content (AvgIpc) is 2.61. The number of hydrogen-bond acceptors (Lipinski definition) is 4. The van der Waals surface area contributed by atoms with Gasteiger partial charge in [0.25, 0.3) is 0 Å². The van der Waals surface area contributed by atoms with Crippen molar-refractivity contribution in [2.24, 2.45) is 0 Å². The zero-order chi connectivity index (χ0) is 16.5. The Bertz CT molecular complexity index is 1030. The van der Waals surface area contributed by atoms with Gasteiger partial charge in [0.05, 0.1) is 5.52 Å². The molecule has 0 saturated carbocycles. The van der Waals surface area contributed by atoms with E-state index in [0.29, 0.717) is 11.6 Å². The molecule has 4 rings (SSSR count). The number of nitrogens with zero attached hydrogens (tertiary/aromatic N) is 2. The first-order valence-electron chi connectivity index (χ1n) is 7.91. The van der Waals surface area contributed by atoms with Crippen LogP contribution in [-0.4, -0.2) is 15.1 Å². The highest BCUT2D eigenvalue weighted by molar-refractivity contribution is 6.08. The molecule has 0 aliphatic heterocycles. The Hall–Kier alpha value is -3.14. The molecule has 0 unspecified atom stereocenters. The molecule has 0 bridgehead atoms. The fourth-order valence-electron chi connectivity index (χ4n) is 2.99. The summed E-state index contributed by atoms with van der Waals surface area (Å²) in [4.78, 5) is 8.96. The number of aryl methyl sites for hydroxylation is 2. The minimum Gasteiger partial charge on any atom is -0.508 e. The largest absolute Gasteiger partial charge is 0.508 e. The maximum Gasteiger partial charge on any atom is 0.150 e. The molecule has 4 heteroatoms. The highest BCUT2D eigenvalue weighted by Gasteiger charge is 2.08. The summed E-state index contributed by atoms with van der Waals surface area (Å²) < 4.78 is 0. The lowest BCUT2D eigenvalue weighted by atomic mass is 10.0. The van der Waals surface area contributed by atoms with Gasteiger partial charge in [-0.05, 0) is 48.2 Å². The third kappa shape index (κ3) is 2.63. The predicted molar refractivity (Wildman–Crippen MR) is 97.0 cm³/mol. The van der Waals surface area contributed by atoms with Crippen LogP contribution < -0.4 is 5.73 Å². The number of hydrogen-bond donors (Lipinski definition) is 2. The number of rotatable bonds is 3. The molecule has 2 heterocycles. The Morgan fingerprint density at radius 3 is 2.46 bits per heavy atom. The van der Waals surface area contributed by atoms with E-state index in [1.54, 1.807) is 12.1 Å². The first kappa shape index (κ1) is 14.5. The van der Waals surface area contributed by atoms with Gasteiger partial charge in [0.1, 0.15) is 11.3 Å². The number of phenolic OH excluding ortho intramolecular Hbond substituents is 1. The number of pyridine rings is 2. The van der Waals surface area contributed by atoms with Gasteiger partial charge in [-0.3, -0.25) is 4.98 Å². The summed E-state index contributed by atoms with van der Waals surface area (Å²) in [6.45, 7) is 0. The molecule has 0 amide bonds. The van der Waals surface area contributed by atoms with E-state index in [4.69, 9.17) is 5.73 Å². The third-order valence-electron chi connectivity index (χ3n) is 4.26. The lowest BCUT2D eigenvalue weighted by Gasteiger charge is -2.08. The van der Waals surface area contributed by atoms with E-state index < -0.39 is 0 Å². The topological polar surface area (TPSA) is 72.0 Å². The molecule has 118 valence electrons. The Labute approximate surface area is 139 Å². The highest BCUT2D eigenvalue weighted by Crippen LogP contribution is 2.27. The molecule has 0 radical (unpaired) electrons. The van der Waals surface area contributed by atoms with Crippen LogP contribution in [0.25, 0.3) is 21.8 Å². The van der Waals surface area contributed by atoms with Crippen LogP contribution in [0.4, 0.5) is 5.82 Å². The molecule has 3 N–H and O–H groups in total. The van der Waals surface area contributed by atoms with Crippen molar-refractivity contribution in [2.75, 3.05) is 5.73 Å². The number of nitrogens with two attached hydrogens (primary N) is 1. The Balaban J connectivity index is 1.72. The van der Waals surface area contributed by atoms with Crippen molar-refractivity contribution in [1.29, 1.82) is 0 Å². The minimum atomic E-state index is 0.292. The van der Waals surface area contributed by atoms with Gasteiger partial charge in [-0.15, -0.1) is 0 Å². The molecule has 24 heavy (non-hydrogen) atoms. The van der Waals surface area contributed by atoms with Gasteiger partial charge in [0.15, 0.2) is 5.82 Å². The molecule has 0 aliphatic carbocycles. The van der Waals surface area contributed by atoms with Gasteiger partial charge >= 0.3 is 0 Å². The number of para-hydroxylation sites is 1. The van der Waals surface area contributed by atoms with Crippen LogP contribution in [0.15, 0.2) is 60.8 Å². The lowest BCUT2D eigenvalue weighted by molar-refractivity contribution is 0.475. The van der Waals surface area contributed by atoms with E-state index >= 15 is 0 Å². The average molecular weight is 315 g/mol. The van der Waals surface area contributed by atoms with Gasteiger partial charge < -0.3 is 10.8 Å². The summed E-state index contributed by atoms with van der Waals surface area (Å²) in [5, 5.41) is 11.5. The Morgan fingerprint density at radius 2 is 1.62 bits per heavy atom. The number of anilines is 1. The summed E-state index contributed by atoms with van der Waals surface area (Å²) >= 11 is 0. The standard InChI is InChI=1S/C20H17N3O/c21-20-19-17(16-3-1-2-4-18(16)23-20)11-14(12-22-19)6-5-13-7-9-15(24)10-8-13/h1-4,7-12,24H,5-6H2,(H2,21,23).